The lowest BCUT2D eigenvalue weighted by atomic mass is 10.1. The molecule has 1 saturated carbocycles. The van der Waals surface area contributed by atoms with Gasteiger partial charge < -0.3 is 4.74 Å². The number of hydrogen-bond acceptors (Lipinski definition) is 4. The van der Waals surface area contributed by atoms with Gasteiger partial charge in [-0.1, -0.05) is 13.8 Å². The van der Waals surface area contributed by atoms with Crippen molar-refractivity contribution in [3.8, 4) is 5.75 Å². The van der Waals surface area contributed by atoms with E-state index in [0.717, 1.165) is 18.4 Å². The molecule has 2 N–H and O–H groups in total. The van der Waals surface area contributed by atoms with E-state index in [1.54, 1.807) is 6.07 Å². The van der Waals surface area contributed by atoms with Crippen molar-refractivity contribution in [2.75, 3.05) is 0 Å². The van der Waals surface area contributed by atoms with Crippen LogP contribution in [0, 0.1) is 0 Å². The van der Waals surface area contributed by atoms with Crippen molar-refractivity contribution < 1.29 is 13.2 Å². The summed E-state index contributed by atoms with van der Waals surface area (Å²) < 4.78 is 28.3. The highest BCUT2D eigenvalue weighted by molar-refractivity contribution is 7.89. The Bertz CT molecular complexity index is 522. The van der Waals surface area contributed by atoms with E-state index in [1.165, 1.54) is 6.20 Å². The molecule has 6 heteroatoms. The first-order valence-corrected chi connectivity index (χ1v) is 7.12. The quantitative estimate of drug-likeness (QED) is 0.882. The molecule has 0 amide bonds. The number of hydrogen-bond donors (Lipinski definition) is 1. The summed E-state index contributed by atoms with van der Waals surface area (Å²) in [5, 5.41) is 4.94. The molecule has 1 aromatic rings. The maximum Gasteiger partial charge on any atom is 0.259 e. The van der Waals surface area contributed by atoms with Crippen molar-refractivity contribution in [1.82, 2.24) is 4.98 Å². The third-order valence-corrected chi connectivity index (χ3v) is 3.44. The fourth-order valence-corrected chi connectivity index (χ4v) is 2.01. The number of sulfonamides is 1. The zero-order valence-corrected chi connectivity index (χ0v) is 10.7. The average molecular weight is 256 g/mol. The summed E-state index contributed by atoms with van der Waals surface area (Å²) in [6.07, 6.45) is 3.55. The Kier molecular flexibility index (Phi) is 3.09. The SMILES string of the molecule is CC(C)c1cnc(S(N)(=O)=O)c(OC2CC2)c1. The minimum Gasteiger partial charge on any atom is -0.487 e. The van der Waals surface area contributed by atoms with E-state index in [9.17, 15) is 8.42 Å². The molecule has 0 unspecified atom stereocenters. The van der Waals surface area contributed by atoms with Crippen molar-refractivity contribution in [3.63, 3.8) is 0 Å². The van der Waals surface area contributed by atoms with Crippen LogP contribution in [-0.4, -0.2) is 19.5 Å². The molecule has 1 aliphatic carbocycles. The minimum absolute atomic E-state index is 0.111. The number of pyridine rings is 1. The number of primary sulfonamides is 1. The first kappa shape index (κ1) is 12.3. The van der Waals surface area contributed by atoms with E-state index in [0.29, 0.717) is 0 Å². The molecule has 0 saturated heterocycles. The first-order valence-electron chi connectivity index (χ1n) is 5.57. The smallest absolute Gasteiger partial charge is 0.259 e. The van der Waals surface area contributed by atoms with Gasteiger partial charge in [0.05, 0.1) is 6.10 Å². The van der Waals surface area contributed by atoms with Gasteiger partial charge in [0.15, 0.2) is 5.75 Å². The number of rotatable bonds is 4. The monoisotopic (exact) mass is 256 g/mol. The highest BCUT2D eigenvalue weighted by Crippen LogP contribution is 2.31. The largest absolute Gasteiger partial charge is 0.487 e. The van der Waals surface area contributed by atoms with Crippen molar-refractivity contribution in [1.29, 1.82) is 0 Å². The highest BCUT2D eigenvalue weighted by atomic mass is 32.2. The Morgan fingerprint density at radius 1 is 1.47 bits per heavy atom. The summed E-state index contributed by atoms with van der Waals surface area (Å²) in [4.78, 5) is 3.91. The summed E-state index contributed by atoms with van der Waals surface area (Å²) in [5.74, 6) is 0.541. The Balaban J connectivity index is 2.43. The molecular formula is C11H16N2O3S. The molecule has 1 heterocycles. The molecule has 17 heavy (non-hydrogen) atoms. The molecule has 94 valence electrons. The van der Waals surface area contributed by atoms with Crippen LogP contribution in [0.5, 0.6) is 5.75 Å². The van der Waals surface area contributed by atoms with Crippen LogP contribution in [0.4, 0.5) is 0 Å². The molecule has 0 aliphatic heterocycles. The predicted octanol–water partition coefficient (Wildman–Crippen LogP) is 1.39. The second-order valence-electron chi connectivity index (χ2n) is 4.59. The van der Waals surface area contributed by atoms with Crippen LogP contribution < -0.4 is 9.88 Å². The highest BCUT2D eigenvalue weighted by Gasteiger charge is 2.27. The summed E-state index contributed by atoms with van der Waals surface area (Å²) in [6, 6.07) is 1.72. The fraction of sp³-hybridized carbons (Fsp3) is 0.545. The summed E-state index contributed by atoms with van der Waals surface area (Å²) in [5.41, 5.74) is 0.938. The maximum atomic E-state index is 11.4. The third-order valence-electron chi connectivity index (χ3n) is 2.59. The van der Waals surface area contributed by atoms with E-state index in [1.807, 2.05) is 13.8 Å². The van der Waals surface area contributed by atoms with Gasteiger partial charge in [-0.3, -0.25) is 0 Å². The van der Waals surface area contributed by atoms with Gasteiger partial charge in [0, 0.05) is 6.20 Å². The number of aromatic nitrogens is 1. The van der Waals surface area contributed by atoms with Gasteiger partial charge in [0.1, 0.15) is 0 Å². The Morgan fingerprint density at radius 3 is 2.59 bits per heavy atom. The van der Waals surface area contributed by atoms with Crippen LogP contribution in [0.15, 0.2) is 17.3 Å². The Hall–Kier alpha value is -1.14. The standard InChI is InChI=1S/C11H16N2O3S/c1-7(2)8-5-10(16-9-3-4-9)11(13-6-8)17(12,14)15/h5-7,9H,3-4H2,1-2H3,(H2,12,14,15). The second-order valence-corrected chi connectivity index (χ2v) is 6.07. The fourth-order valence-electron chi connectivity index (χ4n) is 1.43. The summed E-state index contributed by atoms with van der Waals surface area (Å²) >= 11 is 0. The number of nitrogens with two attached hydrogens (primary N) is 1. The van der Waals surface area contributed by atoms with Crippen LogP contribution >= 0.6 is 0 Å². The van der Waals surface area contributed by atoms with E-state index >= 15 is 0 Å². The molecule has 0 bridgehead atoms. The lowest BCUT2D eigenvalue weighted by Crippen LogP contribution is -2.16. The predicted molar refractivity (Wildman–Crippen MR) is 63.3 cm³/mol. The second kappa shape index (κ2) is 4.27. The van der Waals surface area contributed by atoms with Crippen molar-refractivity contribution in [2.24, 2.45) is 5.14 Å². The van der Waals surface area contributed by atoms with Gasteiger partial charge in [0.2, 0.25) is 5.03 Å². The van der Waals surface area contributed by atoms with Crippen LogP contribution in [-0.2, 0) is 10.0 Å². The van der Waals surface area contributed by atoms with Crippen LogP contribution in [0.25, 0.3) is 0 Å². The molecule has 0 atom stereocenters. The average Bonchev–Trinajstić information content (AvgIpc) is 2.99. The van der Waals surface area contributed by atoms with Gasteiger partial charge in [-0.25, -0.2) is 18.5 Å². The molecule has 0 radical (unpaired) electrons. The zero-order chi connectivity index (χ0) is 12.6. The Morgan fingerprint density at radius 2 is 2.12 bits per heavy atom. The van der Waals surface area contributed by atoms with Crippen molar-refractivity contribution in [3.05, 3.63) is 17.8 Å². The number of nitrogens with zero attached hydrogens (tertiary/aromatic N) is 1. The third kappa shape index (κ3) is 2.95. The van der Waals surface area contributed by atoms with E-state index < -0.39 is 10.0 Å². The summed E-state index contributed by atoms with van der Waals surface area (Å²) in [6.45, 7) is 4.02. The van der Waals surface area contributed by atoms with Crippen molar-refractivity contribution >= 4 is 10.0 Å². The molecule has 1 aromatic heterocycles. The van der Waals surface area contributed by atoms with Gasteiger partial charge in [-0.15, -0.1) is 0 Å². The van der Waals surface area contributed by atoms with Crippen LogP contribution in [0.3, 0.4) is 0 Å². The van der Waals surface area contributed by atoms with E-state index in [-0.39, 0.29) is 22.8 Å². The van der Waals surface area contributed by atoms with Crippen LogP contribution in [0.1, 0.15) is 38.2 Å². The zero-order valence-electron chi connectivity index (χ0n) is 9.88. The molecule has 0 spiro atoms. The van der Waals surface area contributed by atoms with Crippen LogP contribution in [0.2, 0.25) is 0 Å². The molecule has 5 nitrogen and oxygen atoms in total. The van der Waals surface area contributed by atoms with E-state index in [2.05, 4.69) is 4.98 Å². The lowest BCUT2D eigenvalue weighted by molar-refractivity contribution is 0.292. The molecule has 0 aromatic carbocycles. The first-order chi connectivity index (χ1) is 7.88. The summed E-state index contributed by atoms with van der Waals surface area (Å²) in [7, 11) is -3.83. The van der Waals surface area contributed by atoms with E-state index in [4.69, 9.17) is 9.88 Å². The normalized spacial score (nSPS) is 16.2. The van der Waals surface area contributed by atoms with Gasteiger partial charge in [-0.05, 0) is 30.4 Å². The minimum atomic E-state index is -3.83. The van der Waals surface area contributed by atoms with Crippen molar-refractivity contribution in [2.45, 2.75) is 43.7 Å². The molecular weight excluding hydrogens is 240 g/mol. The maximum absolute atomic E-state index is 11.4. The number of ether oxygens (including phenoxy) is 1. The van der Waals surface area contributed by atoms with Gasteiger partial charge in [0.25, 0.3) is 10.0 Å². The topological polar surface area (TPSA) is 82.3 Å². The molecule has 1 fully saturated rings. The lowest BCUT2D eigenvalue weighted by Gasteiger charge is -2.12. The molecule has 1 aliphatic rings. The van der Waals surface area contributed by atoms with Gasteiger partial charge >= 0.3 is 0 Å². The molecule has 2 rings (SSSR count). The Labute approximate surface area is 101 Å². The van der Waals surface area contributed by atoms with Gasteiger partial charge in [-0.2, -0.15) is 0 Å².